The van der Waals surface area contributed by atoms with Crippen LogP contribution in [0.25, 0.3) is 10.2 Å². The summed E-state index contributed by atoms with van der Waals surface area (Å²) in [6.07, 6.45) is 7.06. The van der Waals surface area contributed by atoms with Gasteiger partial charge in [-0.2, -0.15) is 0 Å². The highest BCUT2D eigenvalue weighted by atomic mass is 32.1. The summed E-state index contributed by atoms with van der Waals surface area (Å²) in [6, 6.07) is 0.401. The third-order valence-electron chi connectivity index (χ3n) is 5.05. The fourth-order valence-electron chi connectivity index (χ4n) is 3.55. The van der Waals surface area contributed by atoms with Crippen LogP contribution in [0.1, 0.15) is 48.5 Å². The molecule has 0 bridgehead atoms. The molecule has 7 nitrogen and oxygen atoms in total. The Labute approximate surface area is 142 Å². The number of thiophene rings is 1. The van der Waals surface area contributed by atoms with Crippen LogP contribution >= 0.6 is 11.3 Å². The summed E-state index contributed by atoms with van der Waals surface area (Å²) in [5, 5.41) is 12.7. The smallest absolute Gasteiger partial charge is 0.262 e. The van der Waals surface area contributed by atoms with Gasteiger partial charge in [0.2, 0.25) is 0 Å². The first kappa shape index (κ1) is 14.3. The first-order valence-electron chi connectivity index (χ1n) is 8.47. The van der Waals surface area contributed by atoms with Crippen molar-refractivity contribution < 1.29 is 0 Å². The minimum atomic E-state index is 0.0393. The summed E-state index contributed by atoms with van der Waals surface area (Å²) in [5.41, 5.74) is 1.26. The second kappa shape index (κ2) is 5.20. The van der Waals surface area contributed by atoms with E-state index in [-0.39, 0.29) is 5.56 Å². The van der Waals surface area contributed by atoms with Gasteiger partial charge < -0.3 is 0 Å². The molecule has 3 heterocycles. The maximum Gasteiger partial charge on any atom is 0.262 e. The molecule has 0 amide bonds. The number of tetrazole rings is 1. The molecule has 0 spiro atoms. The molecule has 3 aromatic heterocycles. The topological polar surface area (TPSA) is 78.5 Å². The summed E-state index contributed by atoms with van der Waals surface area (Å²) in [7, 11) is 0. The van der Waals surface area contributed by atoms with E-state index in [0.29, 0.717) is 18.5 Å². The zero-order chi connectivity index (χ0) is 16.3. The zero-order valence-electron chi connectivity index (χ0n) is 13.5. The van der Waals surface area contributed by atoms with E-state index < -0.39 is 0 Å². The summed E-state index contributed by atoms with van der Waals surface area (Å²) < 4.78 is 3.50. The maximum atomic E-state index is 13.0. The molecule has 0 unspecified atom stereocenters. The van der Waals surface area contributed by atoms with Crippen LogP contribution in [0.15, 0.2) is 11.1 Å². The molecule has 3 aromatic rings. The third-order valence-corrected chi connectivity index (χ3v) is 6.21. The van der Waals surface area contributed by atoms with Crippen LogP contribution in [0.5, 0.6) is 0 Å². The lowest BCUT2D eigenvalue weighted by atomic mass is 9.89. The Bertz CT molecular complexity index is 982. The number of aromatic nitrogens is 6. The van der Waals surface area contributed by atoms with Crippen LogP contribution in [0.4, 0.5) is 0 Å². The molecule has 1 fully saturated rings. The number of rotatable bonds is 3. The lowest BCUT2D eigenvalue weighted by molar-refractivity contribution is 0.509. The molecule has 0 aliphatic heterocycles. The van der Waals surface area contributed by atoms with Gasteiger partial charge in [-0.3, -0.25) is 9.36 Å². The summed E-state index contributed by atoms with van der Waals surface area (Å²) >= 11 is 1.68. The Morgan fingerprint density at radius 3 is 3.04 bits per heavy atom. The highest BCUT2D eigenvalue weighted by molar-refractivity contribution is 7.18. The second-order valence-corrected chi connectivity index (χ2v) is 8.06. The van der Waals surface area contributed by atoms with Crippen molar-refractivity contribution in [1.82, 2.24) is 29.8 Å². The molecule has 5 rings (SSSR count). The van der Waals surface area contributed by atoms with Crippen molar-refractivity contribution in [3.63, 3.8) is 0 Å². The van der Waals surface area contributed by atoms with Crippen LogP contribution in [0.3, 0.4) is 0 Å². The van der Waals surface area contributed by atoms with Crippen LogP contribution in [-0.2, 0) is 19.4 Å². The molecule has 124 valence electrons. The Morgan fingerprint density at radius 2 is 2.21 bits per heavy atom. The zero-order valence-corrected chi connectivity index (χ0v) is 14.3. The average molecular weight is 342 g/mol. The lowest BCUT2D eigenvalue weighted by Crippen LogP contribution is -2.23. The lowest BCUT2D eigenvalue weighted by Gasteiger charge is -2.17. The largest absolute Gasteiger partial charge is 0.291 e. The van der Waals surface area contributed by atoms with Crippen molar-refractivity contribution in [2.75, 3.05) is 0 Å². The molecule has 0 aromatic carbocycles. The van der Waals surface area contributed by atoms with Crippen molar-refractivity contribution in [2.45, 2.75) is 51.6 Å². The highest BCUT2D eigenvalue weighted by Gasteiger charge is 2.28. The van der Waals surface area contributed by atoms with Crippen LogP contribution in [0, 0.1) is 5.92 Å². The summed E-state index contributed by atoms with van der Waals surface area (Å²) in [6.45, 7) is 2.66. The summed E-state index contributed by atoms with van der Waals surface area (Å²) in [5.74, 6) is 1.43. The Balaban J connectivity index is 1.58. The van der Waals surface area contributed by atoms with Crippen molar-refractivity contribution >= 4 is 21.6 Å². The van der Waals surface area contributed by atoms with Gasteiger partial charge in [-0.25, -0.2) is 9.67 Å². The van der Waals surface area contributed by atoms with E-state index in [0.717, 1.165) is 48.1 Å². The van der Waals surface area contributed by atoms with Gasteiger partial charge in [-0.15, -0.1) is 16.4 Å². The van der Waals surface area contributed by atoms with Gasteiger partial charge in [-0.05, 0) is 54.0 Å². The number of hydrogen-bond donors (Lipinski definition) is 0. The molecular formula is C16H18N6OS. The molecule has 0 N–H and O–H groups in total. The average Bonchev–Trinajstić information content (AvgIpc) is 3.19. The first-order valence-corrected chi connectivity index (χ1v) is 9.29. The highest BCUT2D eigenvalue weighted by Crippen LogP contribution is 2.36. The van der Waals surface area contributed by atoms with Gasteiger partial charge in [0, 0.05) is 4.88 Å². The number of hydrogen-bond acceptors (Lipinski definition) is 6. The van der Waals surface area contributed by atoms with Crippen LogP contribution in [0.2, 0.25) is 0 Å². The fraction of sp³-hybridized carbons (Fsp3) is 0.562. The molecule has 1 atom stereocenters. The van der Waals surface area contributed by atoms with Gasteiger partial charge in [0.05, 0.1) is 24.3 Å². The SMILES string of the molecule is C[C@H]1CCc2c(sc3ncn(Cc4nnnn4C4CC4)c(=O)c23)C1. The van der Waals surface area contributed by atoms with E-state index in [4.69, 9.17) is 0 Å². The van der Waals surface area contributed by atoms with Gasteiger partial charge >= 0.3 is 0 Å². The normalized spacial score (nSPS) is 20.5. The van der Waals surface area contributed by atoms with E-state index >= 15 is 0 Å². The van der Waals surface area contributed by atoms with Crippen molar-refractivity contribution in [1.29, 1.82) is 0 Å². The van der Waals surface area contributed by atoms with Gasteiger partial charge in [0.25, 0.3) is 5.56 Å². The van der Waals surface area contributed by atoms with Gasteiger partial charge in [-0.1, -0.05) is 6.92 Å². The van der Waals surface area contributed by atoms with Crippen molar-refractivity contribution in [2.24, 2.45) is 5.92 Å². The van der Waals surface area contributed by atoms with E-state index in [1.807, 2.05) is 4.68 Å². The van der Waals surface area contributed by atoms with E-state index in [2.05, 4.69) is 27.4 Å². The van der Waals surface area contributed by atoms with Crippen LogP contribution in [-0.4, -0.2) is 29.8 Å². The van der Waals surface area contributed by atoms with Crippen molar-refractivity contribution in [3.05, 3.63) is 32.9 Å². The summed E-state index contributed by atoms with van der Waals surface area (Å²) in [4.78, 5) is 19.8. The predicted octanol–water partition coefficient (Wildman–Crippen LogP) is 1.95. The number of nitrogens with zero attached hydrogens (tertiary/aromatic N) is 6. The van der Waals surface area contributed by atoms with Gasteiger partial charge in [0.15, 0.2) is 5.82 Å². The number of fused-ring (bicyclic) bond motifs is 3. The Kier molecular flexibility index (Phi) is 3.09. The predicted molar refractivity (Wildman–Crippen MR) is 90.3 cm³/mol. The first-order chi connectivity index (χ1) is 11.7. The minimum Gasteiger partial charge on any atom is -0.291 e. The van der Waals surface area contributed by atoms with E-state index in [9.17, 15) is 4.79 Å². The molecule has 0 saturated heterocycles. The maximum absolute atomic E-state index is 13.0. The number of aryl methyl sites for hydroxylation is 1. The standard InChI is InChI=1S/C16H18N6OS/c1-9-2-5-11-12(6-9)24-15-14(11)16(23)21(8-17-15)7-13-18-19-20-22(13)10-3-4-10/h8-10H,2-7H2,1H3/t9-/m0/s1. The quantitative estimate of drug-likeness (QED) is 0.727. The van der Waals surface area contributed by atoms with E-state index in [1.165, 1.54) is 10.4 Å². The van der Waals surface area contributed by atoms with E-state index in [1.54, 1.807) is 22.2 Å². The monoisotopic (exact) mass is 342 g/mol. The molecular weight excluding hydrogens is 324 g/mol. The molecule has 8 heteroatoms. The molecule has 1 saturated carbocycles. The third kappa shape index (κ3) is 2.20. The molecule has 2 aliphatic carbocycles. The molecule has 24 heavy (non-hydrogen) atoms. The molecule has 0 radical (unpaired) electrons. The Morgan fingerprint density at radius 1 is 1.33 bits per heavy atom. The fourth-order valence-corrected chi connectivity index (χ4v) is 4.89. The minimum absolute atomic E-state index is 0.0393. The molecule has 2 aliphatic rings. The second-order valence-electron chi connectivity index (χ2n) is 6.98. The van der Waals surface area contributed by atoms with Crippen LogP contribution < -0.4 is 5.56 Å². The van der Waals surface area contributed by atoms with Gasteiger partial charge in [0.1, 0.15) is 4.83 Å². The van der Waals surface area contributed by atoms with Crippen molar-refractivity contribution in [3.8, 4) is 0 Å². The Hall–Kier alpha value is -2.09.